The summed E-state index contributed by atoms with van der Waals surface area (Å²) in [6, 6.07) is 15.5. The lowest BCUT2D eigenvalue weighted by atomic mass is 9.99. The highest BCUT2D eigenvalue weighted by molar-refractivity contribution is 7.14. The van der Waals surface area contributed by atoms with Gasteiger partial charge in [-0.05, 0) is 67.6 Å². The molecule has 1 aliphatic carbocycles. The van der Waals surface area contributed by atoms with Crippen LogP contribution in [0, 0.1) is 0 Å². The molecular weight excluding hydrogens is 524 g/mol. The van der Waals surface area contributed by atoms with E-state index in [0.717, 1.165) is 56.8 Å². The van der Waals surface area contributed by atoms with Gasteiger partial charge in [0.25, 0.3) is 5.91 Å². The van der Waals surface area contributed by atoms with E-state index in [4.69, 9.17) is 5.73 Å². The summed E-state index contributed by atoms with van der Waals surface area (Å²) in [4.78, 5) is 30.6. The first-order valence-corrected chi connectivity index (χ1v) is 14.4. The predicted octanol–water partition coefficient (Wildman–Crippen LogP) is 3.96. The first-order valence-electron chi connectivity index (χ1n) is 13.6. The summed E-state index contributed by atoms with van der Waals surface area (Å²) in [5.41, 5.74) is 10.9. The zero-order valence-corrected chi connectivity index (χ0v) is 22.9. The molecule has 0 unspecified atom stereocenters. The molecule has 4 aromatic rings. The lowest BCUT2D eigenvalue weighted by Crippen LogP contribution is -2.43. The Morgan fingerprint density at radius 3 is 2.62 bits per heavy atom. The van der Waals surface area contributed by atoms with E-state index < -0.39 is 0 Å². The molecule has 1 aliphatic heterocycles. The summed E-state index contributed by atoms with van der Waals surface area (Å²) in [5, 5.41) is 19.9. The van der Waals surface area contributed by atoms with Gasteiger partial charge in [0.15, 0.2) is 5.82 Å². The maximum Gasteiger partial charge on any atom is 0.265 e. The molecule has 6 N–H and O–H groups in total. The topological polar surface area (TPSA) is 141 Å². The van der Waals surface area contributed by atoms with Gasteiger partial charge in [-0.15, -0.1) is 11.3 Å². The number of anilines is 5. The Balaban J connectivity index is 1.23. The van der Waals surface area contributed by atoms with E-state index in [1.54, 1.807) is 29.5 Å². The normalized spacial score (nSPS) is 15.0. The van der Waals surface area contributed by atoms with E-state index in [1.165, 1.54) is 16.9 Å². The predicted molar refractivity (Wildman–Crippen MR) is 159 cm³/mol. The van der Waals surface area contributed by atoms with Crippen LogP contribution in [0.5, 0.6) is 0 Å². The number of aliphatic hydroxyl groups is 1. The molecule has 6 rings (SSSR count). The Morgan fingerprint density at radius 1 is 1.05 bits per heavy atom. The van der Waals surface area contributed by atoms with Gasteiger partial charge in [-0.2, -0.15) is 15.0 Å². The van der Waals surface area contributed by atoms with Crippen molar-refractivity contribution in [2.45, 2.75) is 32.3 Å². The van der Waals surface area contributed by atoms with Gasteiger partial charge in [0.05, 0.1) is 11.5 Å². The molecule has 10 nitrogen and oxygen atoms in total. The van der Waals surface area contributed by atoms with Gasteiger partial charge in [-0.25, -0.2) is 0 Å². The molecule has 0 radical (unpaired) electrons. The number of carbonyl (C=O) groups excluding carboxylic acids is 1. The van der Waals surface area contributed by atoms with Crippen molar-refractivity contribution in [1.29, 1.82) is 0 Å². The van der Waals surface area contributed by atoms with Crippen LogP contribution in [0.25, 0.3) is 11.4 Å². The molecule has 2 aliphatic rings. The molecule has 3 heterocycles. The molecule has 1 fully saturated rings. The summed E-state index contributed by atoms with van der Waals surface area (Å²) in [7, 11) is 0. The van der Waals surface area contributed by atoms with Gasteiger partial charge in [0.1, 0.15) is 0 Å². The van der Waals surface area contributed by atoms with Crippen LogP contribution in [0.4, 0.5) is 29.0 Å². The number of nitrogen functional groups attached to an aromatic ring is 1. The zero-order valence-electron chi connectivity index (χ0n) is 22.1. The van der Waals surface area contributed by atoms with Gasteiger partial charge >= 0.3 is 0 Å². The van der Waals surface area contributed by atoms with Gasteiger partial charge in [-0.3, -0.25) is 4.79 Å². The number of fused-ring (bicyclic) bond motifs is 1. The van der Waals surface area contributed by atoms with Crippen LogP contribution < -0.4 is 26.6 Å². The number of piperazine rings is 1. The van der Waals surface area contributed by atoms with E-state index in [-0.39, 0.29) is 18.5 Å². The summed E-state index contributed by atoms with van der Waals surface area (Å²) < 4.78 is 0. The van der Waals surface area contributed by atoms with E-state index >= 15 is 0 Å². The van der Waals surface area contributed by atoms with Crippen molar-refractivity contribution in [2.75, 3.05) is 47.4 Å². The lowest BCUT2D eigenvalue weighted by molar-refractivity contribution is 0.103. The first-order chi connectivity index (χ1) is 19.6. The number of nitrogens with one attached hydrogen (secondary N) is 3. The van der Waals surface area contributed by atoms with Crippen LogP contribution in [-0.4, -0.2) is 52.1 Å². The number of rotatable bonds is 7. The molecule has 11 heteroatoms. The number of nitrogens with zero attached hydrogens (tertiary/aromatic N) is 4. The molecule has 0 atom stereocenters. The minimum atomic E-state index is -0.311. The lowest BCUT2D eigenvalue weighted by Gasteiger charge is -2.29. The highest BCUT2D eigenvalue weighted by atomic mass is 32.1. The Labute approximate surface area is 236 Å². The zero-order chi connectivity index (χ0) is 27.5. The molecule has 1 amide bonds. The highest BCUT2D eigenvalue weighted by Gasteiger charge is 2.20. The molecular formula is C29H32N8O2S. The standard InChI is InChI=1S/C29H32N8O2S/c30-28-34-26(35-29(36-28)32-19-8-10-20(11-9-19)37-14-12-31-13-15-37)21-5-3-6-23(22(21)17-38)33-27(39)25-16-18-4-1-2-7-24(18)40-25/h3,5-6,8-11,16,31,38H,1-2,4,7,12-15,17H2,(H,33,39)(H3,30,32,34,35,36). The molecule has 40 heavy (non-hydrogen) atoms. The maximum atomic E-state index is 13.1. The van der Waals surface area contributed by atoms with Crippen molar-refractivity contribution in [3.05, 3.63) is 69.4 Å². The fraction of sp³-hybridized carbons (Fsp3) is 0.310. The van der Waals surface area contributed by atoms with Crippen LogP contribution in [0.1, 0.15) is 38.5 Å². The summed E-state index contributed by atoms with van der Waals surface area (Å²) in [6.45, 7) is 3.59. The molecule has 0 bridgehead atoms. The van der Waals surface area contributed by atoms with Gasteiger partial charge in [0.2, 0.25) is 11.9 Å². The fourth-order valence-electron chi connectivity index (χ4n) is 5.25. The second-order valence-electron chi connectivity index (χ2n) is 9.96. The molecule has 0 spiro atoms. The average Bonchev–Trinajstić information content (AvgIpc) is 3.42. The third-order valence-corrected chi connectivity index (χ3v) is 8.54. The number of nitrogens with two attached hydrogens (primary N) is 1. The van der Waals surface area contributed by atoms with Crippen molar-refractivity contribution < 1.29 is 9.90 Å². The quantitative estimate of drug-likeness (QED) is 0.229. The third-order valence-electron chi connectivity index (χ3n) is 7.30. The third kappa shape index (κ3) is 5.62. The number of aromatic nitrogens is 3. The van der Waals surface area contributed by atoms with Crippen molar-refractivity contribution in [3.63, 3.8) is 0 Å². The number of thiophene rings is 1. The monoisotopic (exact) mass is 556 g/mol. The highest BCUT2D eigenvalue weighted by Crippen LogP contribution is 2.32. The van der Waals surface area contributed by atoms with Crippen LogP contribution in [0.3, 0.4) is 0 Å². The van der Waals surface area contributed by atoms with E-state index in [2.05, 4.69) is 47.9 Å². The Hall–Kier alpha value is -4.06. The van der Waals surface area contributed by atoms with Gasteiger partial charge in [-0.1, -0.05) is 12.1 Å². The van der Waals surface area contributed by atoms with Crippen LogP contribution in [0.15, 0.2) is 48.5 Å². The number of hydrogen-bond acceptors (Lipinski definition) is 10. The van der Waals surface area contributed by atoms with E-state index in [0.29, 0.717) is 33.5 Å². The SMILES string of the molecule is Nc1nc(Nc2ccc(N3CCNCC3)cc2)nc(-c2cccc(NC(=O)c3cc4c(s3)CCCC4)c2CO)n1. The number of amides is 1. The molecule has 2 aromatic heterocycles. The Morgan fingerprint density at radius 2 is 1.85 bits per heavy atom. The minimum absolute atomic E-state index is 0.0485. The largest absolute Gasteiger partial charge is 0.392 e. The number of benzene rings is 2. The number of aryl methyl sites for hydroxylation is 2. The average molecular weight is 557 g/mol. The molecule has 2 aromatic carbocycles. The second kappa shape index (κ2) is 11.6. The molecule has 0 saturated carbocycles. The van der Waals surface area contributed by atoms with Crippen molar-refractivity contribution in [2.24, 2.45) is 0 Å². The number of carbonyl (C=O) groups is 1. The van der Waals surface area contributed by atoms with Crippen LogP contribution in [0.2, 0.25) is 0 Å². The molecule has 1 saturated heterocycles. The summed E-state index contributed by atoms with van der Waals surface area (Å²) in [6.07, 6.45) is 4.38. The smallest absolute Gasteiger partial charge is 0.265 e. The van der Waals surface area contributed by atoms with E-state index in [9.17, 15) is 9.90 Å². The Kier molecular flexibility index (Phi) is 7.58. The molecule has 206 valence electrons. The van der Waals surface area contributed by atoms with Crippen LogP contribution in [-0.2, 0) is 19.4 Å². The van der Waals surface area contributed by atoms with Crippen LogP contribution >= 0.6 is 11.3 Å². The number of hydrogen-bond donors (Lipinski definition) is 5. The first kappa shape index (κ1) is 26.2. The summed E-state index contributed by atoms with van der Waals surface area (Å²) in [5.74, 6) is 0.458. The van der Waals surface area contributed by atoms with E-state index in [1.807, 2.05) is 18.2 Å². The number of aliphatic hydroxyl groups excluding tert-OH is 1. The second-order valence-corrected chi connectivity index (χ2v) is 11.1. The van der Waals surface area contributed by atoms with Gasteiger partial charge in [0, 0.05) is 59.2 Å². The maximum absolute atomic E-state index is 13.1. The Bertz CT molecular complexity index is 1490. The summed E-state index contributed by atoms with van der Waals surface area (Å²) >= 11 is 1.55. The van der Waals surface area contributed by atoms with Crippen molar-refractivity contribution in [3.8, 4) is 11.4 Å². The van der Waals surface area contributed by atoms with Crippen molar-refractivity contribution in [1.82, 2.24) is 20.3 Å². The minimum Gasteiger partial charge on any atom is -0.392 e. The van der Waals surface area contributed by atoms with Gasteiger partial charge < -0.3 is 31.7 Å². The van der Waals surface area contributed by atoms with Crippen molar-refractivity contribution >= 4 is 46.2 Å². The fourth-order valence-corrected chi connectivity index (χ4v) is 6.40.